The quantitative estimate of drug-likeness (QED) is 0.559. The predicted octanol–water partition coefficient (Wildman–Crippen LogP) is 0.899. The van der Waals surface area contributed by atoms with E-state index in [1.807, 2.05) is 6.07 Å². The van der Waals surface area contributed by atoms with Gasteiger partial charge in [0.1, 0.15) is 5.56 Å². The predicted molar refractivity (Wildman–Crippen MR) is 79.6 cm³/mol. The summed E-state index contributed by atoms with van der Waals surface area (Å²) in [4.78, 5) is 23.6. The first-order valence-electron chi connectivity index (χ1n) is 6.68. The first kappa shape index (κ1) is 18.1. The molecular weight excluding hydrogens is 304 g/mol. The van der Waals surface area contributed by atoms with E-state index >= 15 is 0 Å². The molecule has 0 spiro atoms. The first-order chi connectivity index (χ1) is 11.1. The van der Waals surface area contributed by atoms with Crippen LogP contribution in [-0.2, 0) is 9.53 Å². The summed E-state index contributed by atoms with van der Waals surface area (Å²) < 4.78 is 20.4. The Kier molecular flexibility index (Phi) is 7.20. The smallest absolute Gasteiger partial charge is 0.342 e. The van der Waals surface area contributed by atoms with E-state index in [0.717, 1.165) is 0 Å². The Morgan fingerprint density at radius 1 is 1.13 bits per heavy atom. The Bertz CT molecular complexity index is 609. The third-order valence-electron chi connectivity index (χ3n) is 2.82. The molecule has 0 saturated carbocycles. The molecule has 8 nitrogen and oxygen atoms in total. The van der Waals surface area contributed by atoms with Crippen molar-refractivity contribution < 1.29 is 28.5 Å². The molecule has 1 N–H and O–H groups in total. The monoisotopic (exact) mass is 322 g/mol. The molecule has 0 heterocycles. The van der Waals surface area contributed by atoms with Crippen LogP contribution in [0.3, 0.4) is 0 Å². The summed E-state index contributed by atoms with van der Waals surface area (Å²) >= 11 is 0. The zero-order chi connectivity index (χ0) is 17.2. The average molecular weight is 322 g/mol. The number of benzene rings is 1. The molecule has 1 aromatic carbocycles. The Labute approximate surface area is 133 Å². The summed E-state index contributed by atoms with van der Waals surface area (Å²) in [5.74, 6) is -0.425. The van der Waals surface area contributed by atoms with Gasteiger partial charge in [-0.1, -0.05) is 0 Å². The molecule has 0 radical (unpaired) electrons. The van der Waals surface area contributed by atoms with E-state index in [1.54, 1.807) is 0 Å². The van der Waals surface area contributed by atoms with Gasteiger partial charge >= 0.3 is 5.97 Å². The van der Waals surface area contributed by atoms with Gasteiger partial charge in [0.15, 0.2) is 18.1 Å². The highest BCUT2D eigenvalue weighted by Gasteiger charge is 2.22. The molecule has 0 unspecified atom stereocenters. The molecule has 23 heavy (non-hydrogen) atoms. The Hall–Kier alpha value is -2.95. The van der Waals surface area contributed by atoms with E-state index < -0.39 is 18.5 Å². The van der Waals surface area contributed by atoms with E-state index in [-0.39, 0.29) is 30.0 Å². The summed E-state index contributed by atoms with van der Waals surface area (Å²) in [6, 6.07) is 4.87. The van der Waals surface area contributed by atoms with Crippen LogP contribution in [0.15, 0.2) is 12.1 Å². The maximum Gasteiger partial charge on any atom is 0.342 e. The standard InChI is InChI=1S/C15H18N2O6/c1-20-11-6-5-10(13(21-2)14(11)22-3)15(19)23-9-12(18)17-8-4-7-16/h5-6H,4,8-9H2,1-3H3,(H,17,18). The van der Waals surface area contributed by atoms with Crippen molar-refractivity contribution in [2.45, 2.75) is 6.42 Å². The average Bonchev–Trinajstić information content (AvgIpc) is 2.58. The maximum absolute atomic E-state index is 12.1. The van der Waals surface area contributed by atoms with E-state index in [0.29, 0.717) is 5.75 Å². The number of nitriles is 1. The lowest BCUT2D eigenvalue weighted by Gasteiger charge is -2.15. The number of esters is 1. The zero-order valence-corrected chi connectivity index (χ0v) is 13.2. The van der Waals surface area contributed by atoms with Gasteiger partial charge in [-0.15, -0.1) is 0 Å². The number of methoxy groups -OCH3 is 3. The van der Waals surface area contributed by atoms with Crippen LogP contribution < -0.4 is 19.5 Å². The minimum Gasteiger partial charge on any atom is -0.493 e. The molecule has 0 aliphatic heterocycles. The zero-order valence-electron chi connectivity index (χ0n) is 13.2. The number of nitrogens with one attached hydrogen (secondary N) is 1. The van der Waals surface area contributed by atoms with Gasteiger partial charge < -0.3 is 24.3 Å². The van der Waals surface area contributed by atoms with Crippen molar-refractivity contribution in [3.05, 3.63) is 17.7 Å². The SMILES string of the molecule is COc1ccc(C(=O)OCC(=O)NCCC#N)c(OC)c1OC. The number of nitrogens with zero attached hydrogens (tertiary/aromatic N) is 1. The van der Waals surface area contributed by atoms with Crippen LogP contribution in [0.2, 0.25) is 0 Å². The summed E-state index contributed by atoms with van der Waals surface area (Å²) in [5, 5.41) is 10.8. The van der Waals surface area contributed by atoms with Gasteiger partial charge in [0.25, 0.3) is 5.91 Å². The molecule has 0 aromatic heterocycles. The van der Waals surface area contributed by atoms with Crippen LogP contribution in [0.25, 0.3) is 0 Å². The second kappa shape index (κ2) is 9.15. The Balaban J connectivity index is 2.80. The molecule has 8 heteroatoms. The highest BCUT2D eigenvalue weighted by Crippen LogP contribution is 2.39. The fourth-order valence-corrected chi connectivity index (χ4v) is 1.78. The van der Waals surface area contributed by atoms with Gasteiger partial charge in [-0.2, -0.15) is 5.26 Å². The second-order valence-electron chi connectivity index (χ2n) is 4.22. The number of rotatable bonds is 8. The van der Waals surface area contributed by atoms with Crippen molar-refractivity contribution in [2.75, 3.05) is 34.5 Å². The van der Waals surface area contributed by atoms with Crippen LogP contribution in [0, 0.1) is 11.3 Å². The van der Waals surface area contributed by atoms with Crippen molar-refractivity contribution in [3.8, 4) is 23.3 Å². The highest BCUT2D eigenvalue weighted by atomic mass is 16.5. The molecule has 0 aliphatic rings. The third kappa shape index (κ3) is 4.78. The van der Waals surface area contributed by atoms with Gasteiger partial charge in [-0.25, -0.2) is 4.79 Å². The van der Waals surface area contributed by atoms with E-state index in [2.05, 4.69) is 5.32 Å². The molecule has 0 atom stereocenters. The summed E-state index contributed by atoms with van der Waals surface area (Å²) in [7, 11) is 4.25. The van der Waals surface area contributed by atoms with Gasteiger partial charge in [0.05, 0.1) is 33.8 Å². The number of ether oxygens (including phenoxy) is 4. The fraction of sp³-hybridized carbons (Fsp3) is 0.400. The number of carbonyl (C=O) groups excluding carboxylic acids is 2. The number of hydrogen-bond acceptors (Lipinski definition) is 7. The van der Waals surface area contributed by atoms with Gasteiger partial charge in [0, 0.05) is 6.54 Å². The molecule has 124 valence electrons. The molecule has 1 amide bonds. The molecule has 0 bridgehead atoms. The number of hydrogen-bond donors (Lipinski definition) is 1. The highest BCUT2D eigenvalue weighted by molar-refractivity contribution is 5.95. The van der Waals surface area contributed by atoms with Gasteiger partial charge in [-0.05, 0) is 12.1 Å². The molecule has 1 rings (SSSR count). The normalized spacial score (nSPS) is 9.48. The van der Waals surface area contributed by atoms with Crippen molar-refractivity contribution >= 4 is 11.9 Å². The Morgan fingerprint density at radius 2 is 1.83 bits per heavy atom. The van der Waals surface area contributed by atoms with Crippen LogP contribution in [0.5, 0.6) is 17.2 Å². The lowest BCUT2D eigenvalue weighted by molar-refractivity contribution is -0.124. The first-order valence-corrected chi connectivity index (χ1v) is 6.68. The fourth-order valence-electron chi connectivity index (χ4n) is 1.78. The van der Waals surface area contributed by atoms with Crippen LogP contribution in [0.4, 0.5) is 0 Å². The topological polar surface area (TPSA) is 107 Å². The van der Waals surface area contributed by atoms with Crippen molar-refractivity contribution in [3.63, 3.8) is 0 Å². The Morgan fingerprint density at radius 3 is 2.39 bits per heavy atom. The molecule has 0 fully saturated rings. The van der Waals surface area contributed by atoms with Crippen LogP contribution in [0.1, 0.15) is 16.8 Å². The van der Waals surface area contributed by atoms with Gasteiger partial charge in [0.2, 0.25) is 5.75 Å². The van der Waals surface area contributed by atoms with Crippen LogP contribution >= 0.6 is 0 Å². The van der Waals surface area contributed by atoms with Crippen molar-refractivity contribution in [2.24, 2.45) is 0 Å². The molecule has 0 aliphatic carbocycles. The molecular formula is C15H18N2O6. The van der Waals surface area contributed by atoms with E-state index in [1.165, 1.54) is 33.5 Å². The van der Waals surface area contributed by atoms with Crippen molar-refractivity contribution in [1.82, 2.24) is 5.32 Å². The minimum absolute atomic E-state index is 0.106. The maximum atomic E-state index is 12.1. The minimum atomic E-state index is -0.738. The summed E-state index contributed by atoms with van der Waals surface area (Å²) in [6.45, 7) is -0.256. The van der Waals surface area contributed by atoms with Crippen LogP contribution in [-0.4, -0.2) is 46.4 Å². The number of carbonyl (C=O) groups is 2. The third-order valence-corrected chi connectivity index (χ3v) is 2.82. The van der Waals surface area contributed by atoms with E-state index in [4.69, 9.17) is 24.2 Å². The summed E-state index contributed by atoms with van der Waals surface area (Å²) in [5.41, 5.74) is 0.106. The molecule has 0 saturated heterocycles. The van der Waals surface area contributed by atoms with Crippen molar-refractivity contribution in [1.29, 1.82) is 5.26 Å². The van der Waals surface area contributed by atoms with E-state index in [9.17, 15) is 9.59 Å². The largest absolute Gasteiger partial charge is 0.493 e. The number of amides is 1. The molecule has 1 aromatic rings. The van der Waals surface area contributed by atoms with Gasteiger partial charge in [-0.3, -0.25) is 4.79 Å². The summed E-state index contributed by atoms with van der Waals surface area (Å²) in [6.07, 6.45) is 0.184. The second-order valence-corrected chi connectivity index (χ2v) is 4.22. The lowest BCUT2D eigenvalue weighted by atomic mass is 10.1. The lowest BCUT2D eigenvalue weighted by Crippen LogP contribution is -2.29.